The maximum atomic E-state index is 14.1. The van der Waals surface area contributed by atoms with Crippen molar-refractivity contribution in [1.82, 2.24) is 4.98 Å². The van der Waals surface area contributed by atoms with Crippen LogP contribution in [0.1, 0.15) is 35.6 Å². The SMILES string of the molecule is CC1=C(CC(=O)Nc2cc(C)ccn2)c2cc(F)ccc2/C1=C/c1ccc(S(C)=O)cc1. The molecule has 0 aliphatic heterocycles. The number of allylic oxidation sites excluding steroid dienone is 2. The summed E-state index contributed by atoms with van der Waals surface area (Å²) in [6.07, 6.45) is 5.42. The molecule has 6 heteroatoms. The minimum absolute atomic E-state index is 0.114. The number of pyridine rings is 1. The van der Waals surface area contributed by atoms with Gasteiger partial charge in [0, 0.05) is 28.1 Å². The number of fused-ring (bicyclic) bond motifs is 1. The zero-order chi connectivity index (χ0) is 22.8. The Labute approximate surface area is 189 Å². The van der Waals surface area contributed by atoms with Crippen molar-refractivity contribution in [2.24, 2.45) is 0 Å². The average Bonchev–Trinajstić information content (AvgIpc) is 2.99. The Morgan fingerprint density at radius 2 is 1.81 bits per heavy atom. The van der Waals surface area contributed by atoms with Crippen molar-refractivity contribution in [3.8, 4) is 0 Å². The molecule has 1 heterocycles. The lowest BCUT2D eigenvalue weighted by atomic mass is 10.0. The molecule has 1 amide bonds. The van der Waals surface area contributed by atoms with Crippen molar-refractivity contribution in [3.63, 3.8) is 0 Å². The summed E-state index contributed by atoms with van der Waals surface area (Å²) in [6, 6.07) is 15.8. The fourth-order valence-electron chi connectivity index (χ4n) is 3.86. The summed E-state index contributed by atoms with van der Waals surface area (Å²) in [5, 5.41) is 2.83. The Balaban J connectivity index is 1.68. The second-order valence-corrected chi connectivity index (χ2v) is 9.20. The maximum absolute atomic E-state index is 14.1. The first-order valence-electron chi connectivity index (χ1n) is 10.2. The summed E-state index contributed by atoms with van der Waals surface area (Å²) < 4.78 is 25.7. The molecule has 32 heavy (non-hydrogen) atoms. The number of hydrogen-bond donors (Lipinski definition) is 1. The summed E-state index contributed by atoms with van der Waals surface area (Å²) in [4.78, 5) is 17.7. The number of hydrogen-bond acceptors (Lipinski definition) is 3. The first-order valence-corrected chi connectivity index (χ1v) is 11.8. The number of amides is 1. The van der Waals surface area contributed by atoms with Crippen molar-refractivity contribution in [3.05, 3.63) is 94.4 Å². The summed E-state index contributed by atoms with van der Waals surface area (Å²) in [5.41, 5.74) is 6.24. The molecule has 162 valence electrons. The number of benzene rings is 2. The quantitative estimate of drug-likeness (QED) is 0.553. The molecule has 0 spiro atoms. The largest absolute Gasteiger partial charge is 0.310 e. The Bertz CT molecular complexity index is 1290. The van der Waals surface area contributed by atoms with E-state index in [1.807, 2.05) is 50.3 Å². The van der Waals surface area contributed by atoms with E-state index in [0.717, 1.165) is 43.9 Å². The van der Waals surface area contributed by atoms with Crippen LogP contribution in [-0.4, -0.2) is 21.4 Å². The number of nitrogens with zero attached hydrogens (tertiary/aromatic N) is 1. The van der Waals surface area contributed by atoms with Gasteiger partial charge in [-0.1, -0.05) is 18.2 Å². The van der Waals surface area contributed by atoms with Crippen molar-refractivity contribution in [2.45, 2.75) is 25.2 Å². The number of rotatable bonds is 5. The van der Waals surface area contributed by atoms with E-state index in [1.165, 1.54) is 12.1 Å². The fraction of sp³-hybridized carbons (Fsp3) is 0.154. The molecule has 0 saturated carbocycles. The van der Waals surface area contributed by atoms with Gasteiger partial charge in [-0.25, -0.2) is 9.37 Å². The first-order chi connectivity index (χ1) is 15.3. The van der Waals surface area contributed by atoms with Gasteiger partial charge in [0.25, 0.3) is 0 Å². The van der Waals surface area contributed by atoms with Crippen LogP contribution < -0.4 is 5.32 Å². The molecule has 1 unspecified atom stereocenters. The fourth-order valence-corrected chi connectivity index (χ4v) is 4.38. The molecule has 3 aromatic rings. The number of carbonyl (C=O) groups excluding carboxylic acids is 1. The van der Waals surface area contributed by atoms with Gasteiger partial charge in [0.15, 0.2) is 0 Å². The molecule has 4 nitrogen and oxygen atoms in total. The second kappa shape index (κ2) is 9.01. The highest BCUT2D eigenvalue weighted by molar-refractivity contribution is 7.84. The summed E-state index contributed by atoms with van der Waals surface area (Å²) in [6.45, 7) is 3.88. The molecule has 1 aliphatic carbocycles. The van der Waals surface area contributed by atoms with Gasteiger partial charge in [-0.2, -0.15) is 0 Å². The molecule has 1 aromatic heterocycles. The van der Waals surface area contributed by atoms with Crippen LogP contribution in [0.5, 0.6) is 0 Å². The van der Waals surface area contributed by atoms with Gasteiger partial charge < -0.3 is 5.32 Å². The van der Waals surface area contributed by atoms with Crippen molar-refractivity contribution >= 4 is 39.7 Å². The minimum atomic E-state index is -1.04. The van der Waals surface area contributed by atoms with E-state index in [4.69, 9.17) is 0 Å². The third kappa shape index (κ3) is 4.60. The van der Waals surface area contributed by atoms with Crippen LogP contribution in [0.4, 0.5) is 10.2 Å². The molecular formula is C26H23FN2O2S. The summed E-state index contributed by atoms with van der Waals surface area (Å²) in [5.74, 6) is -0.0515. The monoisotopic (exact) mass is 446 g/mol. The Kier molecular flexibility index (Phi) is 6.15. The predicted molar refractivity (Wildman–Crippen MR) is 128 cm³/mol. The lowest BCUT2D eigenvalue weighted by Gasteiger charge is -2.08. The Morgan fingerprint density at radius 1 is 1.06 bits per heavy atom. The number of halogens is 1. The van der Waals surface area contributed by atoms with Gasteiger partial charge in [-0.05, 0) is 95.3 Å². The van der Waals surface area contributed by atoms with Crippen LogP contribution >= 0.6 is 0 Å². The standard InChI is InChI=1S/C26H23FN2O2S/c1-16-10-11-28-25(12-16)29-26(30)15-23-17(2)22(21-9-6-19(27)14-24(21)23)13-18-4-7-20(8-5-18)32(3)31/h4-14H,15H2,1-3H3,(H,28,29,30)/b22-13+. The number of carbonyl (C=O) groups is 1. The highest BCUT2D eigenvalue weighted by atomic mass is 32.2. The number of aromatic nitrogens is 1. The van der Waals surface area contributed by atoms with Crippen LogP contribution in [0.3, 0.4) is 0 Å². The molecule has 0 bridgehead atoms. The van der Waals surface area contributed by atoms with E-state index in [2.05, 4.69) is 10.3 Å². The molecule has 1 N–H and O–H groups in total. The average molecular weight is 447 g/mol. The number of anilines is 1. The molecule has 0 fully saturated rings. The topological polar surface area (TPSA) is 59.1 Å². The second-order valence-electron chi connectivity index (χ2n) is 7.82. The van der Waals surface area contributed by atoms with Gasteiger partial charge in [-0.15, -0.1) is 0 Å². The zero-order valence-corrected chi connectivity index (χ0v) is 18.9. The van der Waals surface area contributed by atoms with Gasteiger partial charge in [-0.3, -0.25) is 9.00 Å². The smallest absolute Gasteiger partial charge is 0.229 e. The van der Waals surface area contributed by atoms with Gasteiger partial charge in [0.2, 0.25) is 5.91 Å². The highest BCUT2D eigenvalue weighted by Gasteiger charge is 2.26. The van der Waals surface area contributed by atoms with Gasteiger partial charge >= 0.3 is 0 Å². The zero-order valence-electron chi connectivity index (χ0n) is 18.1. The molecule has 2 aromatic carbocycles. The van der Waals surface area contributed by atoms with Crippen molar-refractivity contribution < 1.29 is 13.4 Å². The lowest BCUT2D eigenvalue weighted by Crippen LogP contribution is -2.13. The highest BCUT2D eigenvalue weighted by Crippen LogP contribution is 2.44. The van der Waals surface area contributed by atoms with Crippen molar-refractivity contribution in [2.75, 3.05) is 11.6 Å². The van der Waals surface area contributed by atoms with Crippen LogP contribution in [0.25, 0.3) is 17.2 Å². The lowest BCUT2D eigenvalue weighted by molar-refractivity contribution is -0.115. The molecule has 1 aliphatic rings. The van der Waals surface area contributed by atoms with Crippen molar-refractivity contribution in [1.29, 1.82) is 0 Å². The predicted octanol–water partition coefficient (Wildman–Crippen LogP) is 5.62. The third-order valence-corrected chi connectivity index (χ3v) is 6.43. The molecule has 1 atom stereocenters. The summed E-state index contributed by atoms with van der Waals surface area (Å²) >= 11 is 0. The summed E-state index contributed by atoms with van der Waals surface area (Å²) in [7, 11) is -1.04. The van der Waals surface area contributed by atoms with Crippen LogP contribution in [0.2, 0.25) is 0 Å². The Morgan fingerprint density at radius 3 is 2.50 bits per heavy atom. The van der Waals surface area contributed by atoms with Crippen LogP contribution in [0.15, 0.2) is 71.3 Å². The van der Waals surface area contributed by atoms with E-state index in [0.29, 0.717) is 5.82 Å². The molecule has 4 rings (SSSR count). The van der Waals surface area contributed by atoms with E-state index in [9.17, 15) is 13.4 Å². The molecular weight excluding hydrogens is 423 g/mol. The molecule has 0 radical (unpaired) electrons. The van der Waals surface area contributed by atoms with E-state index < -0.39 is 10.8 Å². The van der Waals surface area contributed by atoms with E-state index >= 15 is 0 Å². The number of aryl methyl sites for hydroxylation is 1. The van der Waals surface area contributed by atoms with E-state index in [-0.39, 0.29) is 18.1 Å². The maximum Gasteiger partial charge on any atom is 0.229 e. The normalized spacial score (nSPS) is 15.1. The van der Waals surface area contributed by atoms with Gasteiger partial charge in [0.05, 0.1) is 6.42 Å². The van der Waals surface area contributed by atoms with Gasteiger partial charge in [0.1, 0.15) is 11.6 Å². The Hall–Kier alpha value is -3.38. The third-order valence-electron chi connectivity index (χ3n) is 5.50. The molecule has 0 saturated heterocycles. The minimum Gasteiger partial charge on any atom is -0.310 e. The number of nitrogens with one attached hydrogen (secondary N) is 1. The van der Waals surface area contributed by atoms with Crippen LogP contribution in [-0.2, 0) is 15.6 Å². The van der Waals surface area contributed by atoms with E-state index in [1.54, 1.807) is 24.6 Å². The van der Waals surface area contributed by atoms with Crippen LogP contribution in [0, 0.1) is 12.7 Å². The first kappa shape index (κ1) is 21.8.